The number of hydrogen-bond acceptors (Lipinski definition) is 4. The zero-order valence-electron chi connectivity index (χ0n) is 15.4. The summed E-state index contributed by atoms with van der Waals surface area (Å²) < 4.78 is 5.30. The molecule has 1 amide bonds. The van der Waals surface area contributed by atoms with E-state index < -0.39 is 0 Å². The summed E-state index contributed by atoms with van der Waals surface area (Å²) in [4.78, 5) is 14.4. The van der Waals surface area contributed by atoms with Crippen LogP contribution in [0.1, 0.15) is 25.7 Å². The maximum absolute atomic E-state index is 12.0. The van der Waals surface area contributed by atoms with Gasteiger partial charge in [-0.2, -0.15) is 0 Å². The van der Waals surface area contributed by atoms with Crippen LogP contribution in [0.4, 0.5) is 5.69 Å². The molecule has 0 spiro atoms. The number of ether oxygens (including phenoxy) is 1. The monoisotopic (exact) mass is 403 g/mol. The van der Waals surface area contributed by atoms with E-state index in [0.29, 0.717) is 18.3 Å². The van der Waals surface area contributed by atoms with E-state index in [1.807, 2.05) is 12.1 Å². The molecule has 0 aliphatic carbocycles. The number of carbonyl (C=O) groups excluding carboxylic acids is 1. The predicted molar refractivity (Wildman–Crippen MR) is 111 cm³/mol. The van der Waals surface area contributed by atoms with Gasteiger partial charge in [-0.15, -0.1) is 24.8 Å². The quantitative estimate of drug-likeness (QED) is 0.734. The lowest BCUT2D eigenvalue weighted by Crippen LogP contribution is -2.31. The summed E-state index contributed by atoms with van der Waals surface area (Å²) in [5.74, 6) is 2.33. The average molecular weight is 404 g/mol. The van der Waals surface area contributed by atoms with Crippen molar-refractivity contribution in [2.24, 2.45) is 11.8 Å². The van der Waals surface area contributed by atoms with Crippen molar-refractivity contribution in [3.05, 3.63) is 24.3 Å². The minimum absolute atomic E-state index is 0. The van der Waals surface area contributed by atoms with Crippen LogP contribution in [0.3, 0.4) is 0 Å². The molecule has 0 saturated carbocycles. The maximum atomic E-state index is 12.0. The predicted octanol–water partition coefficient (Wildman–Crippen LogP) is 2.87. The van der Waals surface area contributed by atoms with Gasteiger partial charge < -0.3 is 20.3 Å². The molecule has 3 rings (SSSR count). The van der Waals surface area contributed by atoms with Crippen LogP contribution < -0.4 is 20.3 Å². The minimum Gasteiger partial charge on any atom is -0.497 e. The molecule has 2 N–H and O–H groups in total. The van der Waals surface area contributed by atoms with Gasteiger partial charge >= 0.3 is 0 Å². The van der Waals surface area contributed by atoms with E-state index >= 15 is 0 Å². The average Bonchev–Trinajstić information content (AvgIpc) is 3.30. The Bertz CT molecular complexity index is 553. The van der Waals surface area contributed by atoms with E-state index in [2.05, 4.69) is 27.7 Å². The molecule has 7 heteroatoms. The lowest BCUT2D eigenvalue weighted by atomic mass is 10.0. The highest BCUT2D eigenvalue weighted by molar-refractivity contribution is 5.85. The second-order valence-electron chi connectivity index (χ2n) is 7.00. The van der Waals surface area contributed by atoms with Gasteiger partial charge in [-0.25, -0.2) is 0 Å². The van der Waals surface area contributed by atoms with Crippen molar-refractivity contribution >= 4 is 36.4 Å². The van der Waals surface area contributed by atoms with Gasteiger partial charge in [-0.1, -0.05) is 6.07 Å². The van der Waals surface area contributed by atoms with Crippen LogP contribution in [0.2, 0.25) is 0 Å². The van der Waals surface area contributed by atoms with Gasteiger partial charge in [0.1, 0.15) is 5.75 Å². The van der Waals surface area contributed by atoms with E-state index in [-0.39, 0.29) is 30.7 Å². The maximum Gasteiger partial charge on any atom is 0.220 e. The fourth-order valence-corrected chi connectivity index (χ4v) is 3.68. The molecule has 1 aromatic rings. The van der Waals surface area contributed by atoms with Gasteiger partial charge in [0.15, 0.2) is 0 Å². The first kappa shape index (κ1) is 22.9. The van der Waals surface area contributed by atoms with Gasteiger partial charge in [-0.05, 0) is 56.3 Å². The number of benzene rings is 1. The van der Waals surface area contributed by atoms with Crippen LogP contribution in [0, 0.1) is 11.8 Å². The second-order valence-corrected chi connectivity index (χ2v) is 7.00. The van der Waals surface area contributed by atoms with E-state index in [1.165, 1.54) is 12.1 Å². The number of nitrogens with zero attached hydrogens (tertiary/aromatic N) is 1. The Labute approximate surface area is 169 Å². The highest BCUT2D eigenvalue weighted by Gasteiger charge is 2.23. The van der Waals surface area contributed by atoms with Gasteiger partial charge in [0, 0.05) is 37.8 Å². The molecule has 2 aliphatic heterocycles. The highest BCUT2D eigenvalue weighted by Crippen LogP contribution is 2.26. The smallest absolute Gasteiger partial charge is 0.220 e. The second kappa shape index (κ2) is 11.5. The summed E-state index contributed by atoms with van der Waals surface area (Å²) in [6.07, 6.45) is 4.02. The molecule has 0 aromatic heterocycles. The third-order valence-corrected chi connectivity index (χ3v) is 5.23. The van der Waals surface area contributed by atoms with Crippen LogP contribution in [0.25, 0.3) is 0 Å². The zero-order valence-corrected chi connectivity index (χ0v) is 17.0. The van der Waals surface area contributed by atoms with E-state index in [0.717, 1.165) is 51.3 Å². The summed E-state index contributed by atoms with van der Waals surface area (Å²) in [5.41, 5.74) is 1.21. The normalized spacial score (nSPS) is 21.7. The molecule has 5 nitrogen and oxygen atoms in total. The molecule has 2 aliphatic rings. The Kier molecular flexibility index (Phi) is 10.1. The molecule has 1 aromatic carbocycles. The van der Waals surface area contributed by atoms with Crippen molar-refractivity contribution < 1.29 is 9.53 Å². The van der Waals surface area contributed by atoms with Gasteiger partial charge in [-0.3, -0.25) is 4.79 Å². The number of amides is 1. The number of nitrogens with one attached hydrogen (secondary N) is 2. The minimum atomic E-state index is 0. The van der Waals surface area contributed by atoms with Gasteiger partial charge in [0.05, 0.1) is 7.11 Å². The molecular weight excluding hydrogens is 373 g/mol. The van der Waals surface area contributed by atoms with Crippen LogP contribution >= 0.6 is 24.8 Å². The Hall–Kier alpha value is -1.17. The fraction of sp³-hybridized carbons (Fsp3) is 0.632. The van der Waals surface area contributed by atoms with E-state index in [9.17, 15) is 4.79 Å². The molecule has 2 heterocycles. The topological polar surface area (TPSA) is 53.6 Å². The molecule has 148 valence electrons. The standard InChI is InChI=1S/C19H29N3O2.2ClH/c1-24-18-4-2-3-17(11-18)22-10-8-16(14-22)13-21-19(23)6-5-15-7-9-20-12-15;;/h2-4,11,15-16,20H,5-10,12-14H2,1H3,(H,21,23);2*1H. The Morgan fingerprint density at radius 2 is 2.15 bits per heavy atom. The molecule has 2 atom stereocenters. The first-order chi connectivity index (χ1) is 11.7. The molecule has 2 unspecified atom stereocenters. The SMILES string of the molecule is COc1cccc(N2CCC(CNC(=O)CCC3CCNC3)C2)c1.Cl.Cl. The molecule has 0 radical (unpaired) electrons. The van der Waals surface area contributed by atoms with Gasteiger partial charge in [0.2, 0.25) is 5.91 Å². The van der Waals surface area contributed by atoms with Crippen molar-refractivity contribution in [2.45, 2.75) is 25.7 Å². The summed E-state index contributed by atoms with van der Waals surface area (Å²) in [5, 5.41) is 6.49. The molecule has 26 heavy (non-hydrogen) atoms. The third-order valence-electron chi connectivity index (χ3n) is 5.23. The number of halogens is 2. The first-order valence-corrected chi connectivity index (χ1v) is 9.11. The van der Waals surface area contributed by atoms with Crippen molar-refractivity contribution in [3.8, 4) is 5.75 Å². The van der Waals surface area contributed by atoms with Crippen LogP contribution in [0.5, 0.6) is 5.75 Å². The van der Waals surface area contributed by atoms with E-state index in [1.54, 1.807) is 7.11 Å². The summed E-state index contributed by atoms with van der Waals surface area (Å²) >= 11 is 0. The van der Waals surface area contributed by atoms with Crippen LogP contribution in [-0.4, -0.2) is 45.7 Å². The third kappa shape index (κ3) is 6.53. The van der Waals surface area contributed by atoms with Crippen molar-refractivity contribution in [2.75, 3.05) is 44.7 Å². The van der Waals surface area contributed by atoms with Gasteiger partial charge in [0.25, 0.3) is 0 Å². The van der Waals surface area contributed by atoms with Crippen molar-refractivity contribution in [1.82, 2.24) is 10.6 Å². The first-order valence-electron chi connectivity index (χ1n) is 9.11. The Balaban J connectivity index is 0.00000169. The lowest BCUT2D eigenvalue weighted by Gasteiger charge is -2.19. The number of methoxy groups -OCH3 is 1. The summed E-state index contributed by atoms with van der Waals surface area (Å²) in [7, 11) is 1.70. The zero-order chi connectivity index (χ0) is 16.8. The molecule has 2 saturated heterocycles. The molecule has 0 bridgehead atoms. The Morgan fingerprint density at radius 3 is 2.88 bits per heavy atom. The lowest BCUT2D eigenvalue weighted by molar-refractivity contribution is -0.121. The van der Waals surface area contributed by atoms with Crippen LogP contribution in [0.15, 0.2) is 24.3 Å². The van der Waals surface area contributed by atoms with Crippen molar-refractivity contribution in [1.29, 1.82) is 0 Å². The summed E-state index contributed by atoms with van der Waals surface area (Å²) in [6, 6.07) is 8.20. The largest absolute Gasteiger partial charge is 0.497 e. The number of hydrogen-bond donors (Lipinski definition) is 2. The highest BCUT2D eigenvalue weighted by atomic mass is 35.5. The van der Waals surface area contributed by atoms with Crippen LogP contribution in [-0.2, 0) is 4.79 Å². The Morgan fingerprint density at radius 1 is 1.31 bits per heavy atom. The molecular formula is C19H31Cl2N3O2. The number of rotatable bonds is 7. The number of anilines is 1. The summed E-state index contributed by atoms with van der Waals surface area (Å²) in [6.45, 7) is 5.02. The molecule has 2 fully saturated rings. The number of carbonyl (C=O) groups is 1. The van der Waals surface area contributed by atoms with E-state index in [4.69, 9.17) is 4.74 Å². The van der Waals surface area contributed by atoms with Crippen molar-refractivity contribution in [3.63, 3.8) is 0 Å². The fourth-order valence-electron chi connectivity index (χ4n) is 3.68.